The number of aryl methyl sites for hydroxylation is 1. The van der Waals surface area contributed by atoms with Gasteiger partial charge in [-0.1, -0.05) is 11.6 Å². The van der Waals surface area contributed by atoms with Crippen LogP contribution in [0.3, 0.4) is 0 Å². The summed E-state index contributed by atoms with van der Waals surface area (Å²) in [4.78, 5) is -0.0679. The Morgan fingerprint density at radius 2 is 1.93 bits per heavy atom. The molecule has 0 heterocycles. The standard InChI is InChI=1S/C8H8Cl2O3S/c1-5-3-6(13-2)4-7(9)8(5)14(10,11)12/h3-4H,1-2H3. The van der Waals surface area contributed by atoms with Crippen LogP contribution in [0.2, 0.25) is 5.02 Å². The molecule has 1 aromatic carbocycles. The molecule has 0 aliphatic carbocycles. The summed E-state index contributed by atoms with van der Waals surface area (Å²) < 4.78 is 27.1. The van der Waals surface area contributed by atoms with Crippen molar-refractivity contribution >= 4 is 31.3 Å². The summed E-state index contributed by atoms with van der Waals surface area (Å²) >= 11 is 5.75. The Morgan fingerprint density at radius 3 is 2.29 bits per heavy atom. The Hall–Kier alpha value is -0.450. The van der Waals surface area contributed by atoms with E-state index in [1.165, 1.54) is 13.2 Å². The summed E-state index contributed by atoms with van der Waals surface area (Å²) in [6, 6.07) is 2.96. The SMILES string of the molecule is COc1cc(C)c(S(=O)(=O)Cl)c(Cl)c1. The molecule has 0 saturated carbocycles. The third kappa shape index (κ3) is 2.32. The van der Waals surface area contributed by atoms with Gasteiger partial charge in [-0.2, -0.15) is 0 Å². The number of hydrogen-bond acceptors (Lipinski definition) is 3. The first-order chi connectivity index (χ1) is 6.36. The van der Waals surface area contributed by atoms with Crippen molar-refractivity contribution in [3.63, 3.8) is 0 Å². The maximum Gasteiger partial charge on any atom is 0.263 e. The van der Waals surface area contributed by atoms with Crippen LogP contribution in [0.15, 0.2) is 17.0 Å². The maximum absolute atomic E-state index is 11.1. The molecule has 0 fully saturated rings. The summed E-state index contributed by atoms with van der Waals surface area (Å²) in [5.74, 6) is 0.497. The molecule has 1 aromatic rings. The third-order valence-electron chi connectivity index (χ3n) is 1.68. The van der Waals surface area contributed by atoms with E-state index >= 15 is 0 Å². The summed E-state index contributed by atoms with van der Waals surface area (Å²) in [6.07, 6.45) is 0. The van der Waals surface area contributed by atoms with Gasteiger partial charge in [0.2, 0.25) is 0 Å². The molecule has 0 bridgehead atoms. The summed E-state index contributed by atoms with van der Waals surface area (Å²) in [5.41, 5.74) is 0.462. The van der Waals surface area contributed by atoms with Gasteiger partial charge in [0.25, 0.3) is 9.05 Å². The molecule has 0 aliphatic heterocycles. The van der Waals surface area contributed by atoms with Crippen molar-refractivity contribution < 1.29 is 13.2 Å². The van der Waals surface area contributed by atoms with Crippen LogP contribution in [-0.2, 0) is 9.05 Å². The second-order valence-corrected chi connectivity index (χ2v) is 5.60. The van der Waals surface area contributed by atoms with Crippen molar-refractivity contribution in [3.8, 4) is 5.75 Å². The monoisotopic (exact) mass is 254 g/mol. The van der Waals surface area contributed by atoms with Crippen molar-refractivity contribution in [1.29, 1.82) is 0 Å². The van der Waals surface area contributed by atoms with E-state index in [4.69, 9.17) is 27.0 Å². The Morgan fingerprint density at radius 1 is 1.36 bits per heavy atom. The lowest BCUT2D eigenvalue weighted by atomic mass is 10.2. The van der Waals surface area contributed by atoms with Gasteiger partial charge in [0.05, 0.1) is 12.1 Å². The van der Waals surface area contributed by atoms with E-state index in [-0.39, 0.29) is 9.92 Å². The molecule has 3 nitrogen and oxygen atoms in total. The van der Waals surface area contributed by atoms with Crippen LogP contribution in [0.5, 0.6) is 5.75 Å². The van der Waals surface area contributed by atoms with Crippen LogP contribution in [0.4, 0.5) is 0 Å². The van der Waals surface area contributed by atoms with Crippen molar-refractivity contribution in [2.75, 3.05) is 7.11 Å². The fourth-order valence-electron chi connectivity index (χ4n) is 1.13. The fourth-order valence-corrected chi connectivity index (χ4v) is 3.16. The molecule has 0 saturated heterocycles. The quantitative estimate of drug-likeness (QED) is 0.763. The van der Waals surface area contributed by atoms with Crippen molar-refractivity contribution in [1.82, 2.24) is 0 Å². The van der Waals surface area contributed by atoms with Crippen LogP contribution in [0, 0.1) is 6.92 Å². The second-order valence-electron chi connectivity index (χ2n) is 2.69. The summed E-state index contributed by atoms with van der Waals surface area (Å²) in [5, 5.41) is 0.0665. The predicted molar refractivity (Wildman–Crippen MR) is 55.8 cm³/mol. The van der Waals surface area contributed by atoms with E-state index in [9.17, 15) is 8.42 Å². The molecule has 0 atom stereocenters. The second kappa shape index (κ2) is 3.96. The lowest BCUT2D eigenvalue weighted by Crippen LogP contribution is -1.97. The van der Waals surface area contributed by atoms with Crippen LogP contribution < -0.4 is 4.74 Å². The smallest absolute Gasteiger partial charge is 0.263 e. The predicted octanol–water partition coefficient (Wildman–Crippen LogP) is 2.58. The number of halogens is 2. The maximum atomic E-state index is 11.1. The largest absolute Gasteiger partial charge is 0.497 e. The molecular weight excluding hydrogens is 247 g/mol. The number of benzene rings is 1. The summed E-state index contributed by atoms with van der Waals surface area (Å²) in [7, 11) is 2.88. The molecule has 14 heavy (non-hydrogen) atoms. The van der Waals surface area contributed by atoms with Gasteiger partial charge in [0, 0.05) is 16.7 Å². The van der Waals surface area contributed by atoms with Gasteiger partial charge in [0.1, 0.15) is 10.6 Å². The van der Waals surface area contributed by atoms with Gasteiger partial charge in [-0.3, -0.25) is 0 Å². The van der Waals surface area contributed by atoms with Crippen LogP contribution in [0.1, 0.15) is 5.56 Å². The summed E-state index contributed by atoms with van der Waals surface area (Å²) in [6.45, 7) is 1.60. The number of ether oxygens (including phenoxy) is 1. The minimum atomic E-state index is -3.80. The lowest BCUT2D eigenvalue weighted by Gasteiger charge is -2.07. The van der Waals surface area contributed by atoms with Gasteiger partial charge >= 0.3 is 0 Å². The molecule has 0 unspecified atom stereocenters. The minimum Gasteiger partial charge on any atom is -0.497 e. The van der Waals surface area contributed by atoms with E-state index in [0.717, 1.165) is 0 Å². The van der Waals surface area contributed by atoms with Gasteiger partial charge in [-0.05, 0) is 18.6 Å². The average molecular weight is 255 g/mol. The highest BCUT2D eigenvalue weighted by molar-refractivity contribution is 8.13. The number of hydrogen-bond donors (Lipinski definition) is 0. The van der Waals surface area contributed by atoms with E-state index in [0.29, 0.717) is 11.3 Å². The molecule has 1 rings (SSSR count). The molecular formula is C8H8Cl2O3S. The molecule has 6 heteroatoms. The Balaban J connectivity index is 3.48. The van der Waals surface area contributed by atoms with E-state index in [1.54, 1.807) is 13.0 Å². The molecule has 0 aromatic heterocycles. The highest BCUT2D eigenvalue weighted by Gasteiger charge is 2.18. The first kappa shape index (κ1) is 11.6. The van der Waals surface area contributed by atoms with Crippen molar-refractivity contribution in [2.45, 2.75) is 11.8 Å². The van der Waals surface area contributed by atoms with Gasteiger partial charge in [-0.15, -0.1) is 0 Å². The van der Waals surface area contributed by atoms with Crippen molar-refractivity contribution in [2.24, 2.45) is 0 Å². The molecule has 0 radical (unpaired) electrons. The lowest BCUT2D eigenvalue weighted by molar-refractivity contribution is 0.414. The van der Waals surface area contributed by atoms with Crippen LogP contribution in [-0.4, -0.2) is 15.5 Å². The normalized spacial score (nSPS) is 11.4. The van der Waals surface area contributed by atoms with Gasteiger partial charge < -0.3 is 4.74 Å². The highest BCUT2D eigenvalue weighted by atomic mass is 35.7. The first-order valence-electron chi connectivity index (χ1n) is 3.65. The molecule has 0 N–H and O–H groups in total. The third-order valence-corrected chi connectivity index (χ3v) is 3.58. The Kier molecular flexibility index (Phi) is 3.29. The van der Waals surface area contributed by atoms with E-state index in [2.05, 4.69) is 0 Å². The Labute approximate surface area is 92.0 Å². The van der Waals surface area contributed by atoms with Crippen LogP contribution in [0.25, 0.3) is 0 Å². The van der Waals surface area contributed by atoms with Crippen LogP contribution >= 0.6 is 22.3 Å². The zero-order valence-electron chi connectivity index (χ0n) is 7.54. The zero-order valence-corrected chi connectivity index (χ0v) is 9.87. The van der Waals surface area contributed by atoms with E-state index < -0.39 is 9.05 Å². The van der Waals surface area contributed by atoms with E-state index in [1.807, 2.05) is 0 Å². The Bertz CT molecular complexity index is 431. The molecule has 0 amide bonds. The molecule has 0 spiro atoms. The fraction of sp³-hybridized carbons (Fsp3) is 0.250. The van der Waals surface area contributed by atoms with Gasteiger partial charge in [0.15, 0.2) is 0 Å². The molecule has 78 valence electrons. The van der Waals surface area contributed by atoms with Gasteiger partial charge in [-0.25, -0.2) is 8.42 Å². The average Bonchev–Trinajstić information content (AvgIpc) is 1.99. The van der Waals surface area contributed by atoms with Crippen molar-refractivity contribution in [3.05, 3.63) is 22.7 Å². The number of rotatable bonds is 2. The zero-order chi connectivity index (χ0) is 10.9. The number of methoxy groups -OCH3 is 1. The topological polar surface area (TPSA) is 43.4 Å². The molecule has 0 aliphatic rings. The highest BCUT2D eigenvalue weighted by Crippen LogP contribution is 2.31. The first-order valence-corrected chi connectivity index (χ1v) is 6.34. The minimum absolute atomic E-state index is 0.0665.